The highest BCUT2D eigenvalue weighted by molar-refractivity contribution is 7.52. The molecule has 0 aromatic heterocycles. The second-order valence-corrected chi connectivity index (χ2v) is 9.70. The molecule has 1 aliphatic heterocycles. The molecule has 0 aliphatic carbocycles. The van der Waals surface area contributed by atoms with Crippen LogP contribution >= 0.6 is 7.60 Å². The number of carbonyl (C=O) groups is 2. The molecule has 0 bridgehead atoms. The molecule has 2 rings (SSSR count). The van der Waals surface area contributed by atoms with Crippen LogP contribution in [0, 0.1) is 0 Å². The van der Waals surface area contributed by atoms with Crippen molar-refractivity contribution in [2.24, 2.45) is 5.73 Å². The van der Waals surface area contributed by atoms with Crippen molar-refractivity contribution < 1.29 is 28.7 Å². The van der Waals surface area contributed by atoms with E-state index >= 15 is 0 Å². The fourth-order valence-corrected chi connectivity index (χ4v) is 5.24. The van der Waals surface area contributed by atoms with E-state index < -0.39 is 31.2 Å². The van der Waals surface area contributed by atoms with Crippen molar-refractivity contribution in [1.82, 2.24) is 4.90 Å². The van der Waals surface area contributed by atoms with Gasteiger partial charge in [0.2, 0.25) is 5.91 Å². The Hall–Kier alpha value is -1.73. The topological polar surface area (TPSA) is 130 Å². The molecule has 1 aromatic carbocycles. The van der Waals surface area contributed by atoms with Gasteiger partial charge in [0.25, 0.3) is 5.72 Å². The molecule has 2 unspecified atom stereocenters. The fraction of sp³-hybridized carbons (Fsp3) is 0.619. The van der Waals surface area contributed by atoms with Crippen LogP contribution < -0.4 is 5.73 Å². The van der Waals surface area contributed by atoms with E-state index in [9.17, 15) is 24.2 Å². The van der Waals surface area contributed by atoms with Crippen molar-refractivity contribution in [2.75, 3.05) is 12.7 Å². The van der Waals surface area contributed by atoms with E-state index in [-0.39, 0.29) is 25.5 Å². The van der Waals surface area contributed by atoms with Crippen molar-refractivity contribution in [2.45, 2.75) is 70.1 Å². The van der Waals surface area contributed by atoms with E-state index in [0.29, 0.717) is 19.3 Å². The van der Waals surface area contributed by atoms with Crippen LogP contribution in [0.1, 0.15) is 57.4 Å². The van der Waals surface area contributed by atoms with Crippen LogP contribution in [0.25, 0.3) is 0 Å². The van der Waals surface area contributed by atoms with Crippen molar-refractivity contribution >= 4 is 19.5 Å². The third-order valence-electron chi connectivity index (χ3n) is 5.45. The Bertz CT molecular complexity index is 759. The average molecular weight is 440 g/mol. The van der Waals surface area contributed by atoms with Gasteiger partial charge in [-0.05, 0) is 37.7 Å². The van der Waals surface area contributed by atoms with Gasteiger partial charge < -0.3 is 20.6 Å². The summed E-state index contributed by atoms with van der Waals surface area (Å²) in [5.41, 5.74) is 4.83. The lowest BCUT2D eigenvalue weighted by Gasteiger charge is -2.37. The lowest BCUT2D eigenvalue weighted by Crippen LogP contribution is -2.62. The highest BCUT2D eigenvalue weighted by atomic mass is 31.2. The molecule has 0 spiro atoms. The Kier molecular flexibility index (Phi) is 9.04. The zero-order valence-electron chi connectivity index (χ0n) is 17.5. The van der Waals surface area contributed by atoms with Gasteiger partial charge in [0.05, 0.1) is 12.2 Å². The first kappa shape index (κ1) is 24.5. The number of aliphatic carboxylic acids is 1. The third kappa shape index (κ3) is 6.14. The number of carbonyl (C=O) groups excluding carboxylic acids is 1. The number of likely N-dealkylation sites (tertiary alicyclic amines) is 1. The van der Waals surface area contributed by atoms with Gasteiger partial charge in [-0.3, -0.25) is 13.9 Å². The molecule has 0 saturated carbocycles. The van der Waals surface area contributed by atoms with Crippen molar-refractivity contribution in [1.29, 1.82) is 0 Å². The zero-order chi connectivity index (χ0) is 22.2. The van der Waals surface area contributed by atoms with Crippen LogP contribution in [-0.4, -0.2) is 51.2 Å². The summed E-state index contributed by atoms with van der Waals surface area (Å²) in [5.74, 6) is -1.92. The van der Waals surface area contributed by atoms with Crippen molar-refractivity contribution in [3.63, 3.8) is 0 Å². The summed E-state index contributed by atoms with van der Waals surface area (Å²) in [7, 11) is -4.28. The summed E-state index contributed by atoms with van der Waals surface area (Å²) >= 11 is 0. The van der Waals surface area contributed by atoms with E-state index in [4.69, 9.17) is 10.3 Å². The SMILES string of the molecule is CCCCCC(=O)N1CCC(N)[C@@]1(OP(=O)(O)CCCCc1ccccc1)C(=O)O. The predicted octanol–water partition coefficient (Wildman–Crippen LogP) is 3.13. The second-order valence-electron chi connectivity index (χ2n) is 7.79. The summed E-state index contributed by atoms with van der Waals surface area (Å²) < 4.78 is 18.1. The summed E-state index contributed by atoms with van der Waals surface area (Å²) in [5, 5.41) is 9.88. The Morgan fingerprint density at radius 2 is 1.93 bits per heavy atom. The molecule has 1 fully saturated rings. The van der Waals surface area contributed by atoms with Gasteiger partial charge in [0.15, 0.2) is 0 Å². The molecule has 1 amide bonds. The zero-order valence-corrected chi connectivity index (χ0v) is 18.4. The first-order valence-electron chi connectivity index (χ1n) is 10.6. The maximum absolute atomic E-state index is 12.7. The van der Waals surface area contributed by atoms with Crippen LogP contribution in [-0.2, 0) is 25.1 Å². The first-order chi connectivity index (χ1) is 14.2. The number of hydrogen-bond donors (Lipinski definition) is 3. The van der Waals surface area contributed by atoms with Gasteiger partial charge in [-0.2, -0.15) is 0 Å². The van der Waals surface area contributed by atoms with Crippen LogP contribution in [0.2, 0.25) is 0 Å². The summed E-state index contributed by atoms with van der Waals surface area (Å²) in [6.07, 6.45) is 4.32. The number of carboxylic acid groups (broad SMARTS) is 1. The minimum absolute atomic E-state index is 0.0897. The number of rotatable bonds is 12. The maximum Gasteiger partial charge on any atom is 0.359 e. The Labute approximate surface area is 177 Å². The number of benzene rings is 1. The molecule has 9 heteroatoms. The molecular weight excluding hydrogens is 407 g/mol. The third-order valence-corrected chi connectivity index (χ3v) is 6.89. The molecule has 0 radical (unpaired) electrons. The van der Waals surface area contributed by atoms with Gasteiger partial charge in [-0.15, -0.1) is 0 Å². The molecule has 1 heterocycles. The smallest absolute Gasteiger partial charge is 0.359 e. The number of aryl methyl sites for hydroxylation is 1. The summed E-state index contributed by atoms with van der Waals surface area (Å²) in [6, 6.07) is 8.67. The molecule has 4 N–H and O–H groups in total. The molecule has 168 valence electrons. The van der Waals surface area contributed by atoms with Crippen LogP contribution in [0.15, 0.2) is 30.3 Å². The number of nitrogens with two attached hydrogens (primary N) is 1. The standard InChI is InChI=1S/C21H33N2O6P/c1-2-3-5-13-19(24)23-15-14-18(22)21(23,20(25)26)29-30(27,28)16-9-8-12-17-10-6-4-7-11-17/h4,6-7,10-11,18H,2-3,5,8-9,12-16,22H2,1H3,(H,25,26)(H,27,28)/t18?,21-/m1/s1. The van der Waals surface area contributed by atoms with Gasteiger partial charge >= 0.3 is 13.6 Å². The first-order valence-corrected chi connectivity index (χ1v) is 12.3. The number of carboxylic acids is 1. The number of hydrogen-bond acceptors (Lipinski definition) is 5. The van der Waals surface area contributed by atoms with Crippen molar-refractivity contribution in [3.05, 3.63) is 35.9 Å². The van der Waals surface area contributed by atoms with Crippen molar-refractivity contribution in [3.8, 4) is 0 Å². The number of unbranched alkanes of at least 4 members (excludes halogenated alkanes) is 3. The van der Waals surface area contributed by atoms with Gasteiger partial charge in [0.1, 0.15) is 0 Å². The van der Waals surface area contributed by atoms with Gasteiger partial charge in [0, 0.05) is 13.0 Å². The van der Waals surface area contributed by atoms with Crippen LogP contribution in [0.4, 0.5) is 0 Å². The monoisotopic (exact) mass is 440 g/mol. The predicted molar refractivity (Wildman–Crippen MR) is 114 cm³/mol. The van der Waals surface area contributed by atoms with E-state index in [1.165, 1.54) is 0 Å². The second kappa shape index (κ2) is 11.0. The maximum atomic E-state index is 12.7. The highest BCUT2D eigenvalue weighted by Gasteiger charge is 2.59. The molecule has 3 atom stereocenters. The largest absolute Gasteiger partial charge is 0.478 e. The summed E-state index contributed by atoms with van der Waals surface area (Å²) in [6.45, 7) is 2.09. The fourth-order valence-electron chi connectivity index (χ4n) is 3.78. The van der Waals surface area contributed by atoms with E-state index in [1.54, 1.807) is 0 Å². The number of amides is 1. The average Bonchev–Trinajstić information content (AvgIpc) is 3.03. The number of nitrogens with zero attached hydrogens (tertiary/aromatic N) is 1. The molecular formula is C21H33N2O6P. The molecule has 1 saturated heterocycles. The minimum Gasteiger partial charge on any atom is -0.478 e. The molecule has 1 aliphatic rings. The van der Waals surface area contributed by atoms with Crippen LogP contribution in [0.3, 0.4) is 0 Å². The van der Waals surface area contributed by atoms with Crippen LogP contribution in [0.5, 0.6) is 0 Å². The van der Waals surface area contributed by atoms with Gasteiger partial charge in [-0.25, -0.2) is 4.79 Å². The minimum atomic E-state index is -4.28. The quantitative estimate of drug-likeness (QED) is 0.336. The highest BCUT2D eigenvalue weighted by Crippen LogP contribution is 2.50. The lowest BCUT2D eigenvalue weighted by atomic mass is 10.1. The Morgan fingerprint density at radius 3 is 2.57 bits per heavy atom. The molecule has 1 aromatic rings. The van der Waals surface area contributed by atoms with E-state index in [2.05, 4.69) is 0 Å². The molecule has 30 heavy (non-hydrogen) atoms. The van der Waals surface area contributed by atoms with E-state index in [0.717, 1.165) is 29.7 Å². The molecule has 8 nitrogen and oxygen atoms in total. The Morgan fingerprint density at radius 1 is 1.23 bits per heavy atom. The Balaban J connectivity index is 2.03. The van der Waals surface area contributed by atoms with Gasteiger partial charge in [-0.1, -0.05) is 50.1 Å². The normalized spacial score (nSPS) is 23.3. The lowest BCUT2D eigenvalue weighted by molar-refractivity contribution is -0.180. The summed E-state index contributed by atoms with van der Waals surface area (Å²) in [4.78, 5) is 36.2. The van der Waals surface area contributed by atoms with E-state index in [1.807, 2.05) is 37.3 Å².